The number of anilines is 1. The van der Waals surface area contributed by atoms with Crippen LogP contribution in [0.5, 0.6) is 0 Å². The first kappa shape index (κ1) is 14.4. The second-order valence-corrected chi connectivity index (χ2v) is 4.09. The lowest BCUT2D eigenvalue weighted by atomic mass is 10.2. The summed E-state index contributed by atoms with van der Waals surface area (Å²) in [6, 6.07) is 7.07. The summed E-state index contributed by atoms with van der Waals surface area (Å²) in [5.41, 5.74) is 1.29. The number of thiocarbonyl (C=S) groups is 1. The predicted octanol–water partition coefficient (Wildman–Crippen LogP) is 2.56. The largest absolute Gasteiger partial charge is 0.462 e. The molecule has 0 bridgehead atoms. The molecule has 0 saturated carbocycles. The number of carbonyl (C=O) groups excluding carboxylic acids is 1. The van der Waals surface area contributed by atoms with Gasteiger partial charge < -0.3 is 15.4 Å². The Balaban J connectivity index is 2.64. The van der Waals surface area contributed by atoms with Crippen LogP contribution in [0, 0.1) is 0 Å². The molecule has 0 radical (unpaired) electrons. The third-order valence-electron chi connectivity index (χ3n) is 2.17. The number of esters is 1. The normalized spacial score (nSPS) is 9.67. The second-order valence-electron chi connectivity index (χ2n) is 3.68. The molecule has 5 heteroatoms. The van der Waals surface area contributed by atoms with Crippen molar-refractivity contribution in [2.24, 2.45) is 0 Å². The van der Waals surface area contributed by atoms with Gasteiger partial charge in [0.2, 0.25) is 0 Å². The molecule has 1 rings (SSSR count). The van der Waals surface area contributed by atoms with Gasteiger partial charge in [0.15, 0.2) is 5.11 Å². The summed E-state index contributed by atoms with van der Waals surface area (Å²) in [5, 5.41) is 6.64. The van der Waals surface area contributed by atoms with E-state index in [1.807, 2.05) is 6.07 Å². The van der Waals surface area contributed by atoms with Crippen molar-refractivity contribution in [3.63, 3.8) is 0 Å². The highest BCUT2D eigenvalue weighted by molar-refractivity contribution is 7.80. The predicted molar refractivity (Wildman–Crippen MR) is 76.9 cm³/mol. The number of hydrogen-bond donors (Lipinski definition) is 2. The van der Waals surface area contributed by atoms with Gasteiger partial charge >= 0.3 is 5.97 Å². The van der Waals surface area contributed by atoms with Gasteiger partial charge in [0, 0.05) is 12.2 Å². The molecule has 18 heavy (non-hydrogen) atoms. The summed E-state index contributed by atoms with van der Waals surface area (Å²) in [6.45, 7) is 5.04. The monoisotopic (exact) mass is 266 g/mol. The van der Waals surface area contributed by atoms with Crippen LogP contribution in [-0.4, -0.2) is 24.2 Å². The van der Waals surface area contributed by atoms with Crippen LogP contribution in [0.3, 0.4) is 0 Å². The van der Waals surface area contributed by atoms with Crippen LogP contribution in [0.2, 0.25) is 0 Å². The quantitative estimate of drug-likeness (QED) is 0.633. The highest BCUT2D eigenvalue weighted by atomic mass is 32.1. The third-order valence-corrected chi connectivity index (χ3v) is 2.41. The van der Waals surface area contributed by atoms with E-state index in [0.29, 0.717) is 17.3 Å². The molecule has 2 N–H and O–H groups in total. The molecule has 0 unspecified atom stereocenters. The van der Waals surface area contributed by atoms with Gasteiger partial charge in [-0.05, 0) is 43.8 Å². The van der Waals surface area contributed by atoms with E-state index in [1.165, 1.54) is 0 Å². The summed E-state index contributed by atoms with van der Waals surface area (Å²) in [5.74, 6) is -0.325. The molecule has 0 atom stereocenters. The lowest BCUT2D eigenvalue weighted by Crippen LogP contribution is -2.28. The molecule has 0 spiro atoms. The second kappa shape index (κ2) is 7.66. The number of nitrogens with one attached hydrogen (secondary N) is 2. The zero-order valence-electron chi connectivity index (χ0n) is 10.7. The summed E-state index contributed by atoms with van der Waals surface area (Å²) < 4.78 is 4.94. The minimum atomic E-state index is -0.325. The fourth-order valence-corrected chi connectivity index (χ4v) is 1.57. The van der Waals surface area contributed by atoms with Crippen LogP contribution in [0.15, 0.2) is 24.3 Å². The molecule has 0 aromatic heterocycles. The van der Waals surface area contributed by atoms with Crippen LogP contribution < -0.4 is 10.6 Å². The lowest BCUT2D eigenvalue weighted by Gasteiger charge is -2.10. The van der Waals surface area contributed by atoms with Crippen molar-refractivity contribution in [3.05, 3.63) is 29.8 Å². The molecule has 4 nitrogen and oxygen atoms in total. The van der Waals surface area contributed by atoms with Gasteiger partial charge in [-0.1, -0.05) is 13.0 Å². The van der Waals surface area contributed by atoms with Crippen molar-refractivity contribution >= 4 is 29.0 Å². The molecular weight excluding hydrogens is 248 g/mol. The van der Waals surface area contributed by atoms with E-state index in [2.05, 4.69) is 17.6 Å². The lowest BCUT2D eigenvalue weighted by molar-refractivity contribution is 0.0526. The third kappa shape index (κ3) is 4.71. The first-order valence-corrected chi connectivity index (χ1v) is 6.40. The van der Waals surface area contributed by atoms with Crippen molar-refractivity contribution in [2.75, 3.05) is 18.5 Å². The van der Waals surface area contributed by atoms with Crippen molar-refractivity contribution in [1.29, 1.82) is 0 Å². The molecule has 98 valence electrons. The topological polar surface area (TPSA) is 50.4 Å². The average molecular weight is 266 g/mol. The maximum Gasteiger partial charge on any atom is 0.338 e. The van der Waals surface area contributed by atoms with Crippen molar-refractivity contribution in [3.8, 4) is 0 Å². The van der Waals surface area contributed by atoms with E-state index in [9.17, 15) is 4.79 Å². The molecule has 0 amide bonds. The number of benzene rings is 1. The summed E-state index contributed by atoms with van der Waals surface area (Å²) in [7, 11) is 0. The van der Waals surface area contributed by atoms with Gasteiger partial charge in [0.05, 0.1) is 12.2 Å². The Labute approximate surface area is 113 Å². The summed E-state index contributed by atoms with van der Waals surface area (Å²) in [6.07, 6.45) is 1.00. The fraction of sp³-hybridized carbons (Fsp3) is 0.385. The fourth-order valence-electron chi connectivity index (χ4n) is 1.35. The van der Waals surface area contributed by atoms with Gasteiger partial charge in [-0.3, -0.25) is 0 Å². The number of carbonyl (C=O) groups is 1. The number of rotatable bonds is 5. The van der Waals surface area contributed by atoms with Crippen LogP contribution in [-0.2, 0) is 4.74 Å². The Morgan fingerprint density at radius 2 is 2.17 bits per heavy atom. The summed E-state index contributed by atoms with van der Waals surface area (Å²) >= 11 is 5.12. The molecule has 0 heterocycles. The molecule has 1 aromatic carbocycles. The van der Waals surface area contributed by atoms with E-state index in [4.69, 9.17) is 17.0 Å². The Bertz CT molecular complexity index is 421. The zero-order valence-corrected chi connectivity index (χ0v) is 11.5. The van der Waals surface area contributed by atoms with Crippen molar-refractivity contribution in [1.82, 2.24) is 5.32 Å². The Kier molecular flexibility index (Phi) is 6.14. The van der Waals surface area contributed by atoms with Crippen LogP contribution in [0.4, 0.5) is 5.69 Å². The minimum absolute atomic E-state index is 0.325. The molecular formula is C13H18N2O2S. The Morgan fingerprint density at radius 1 is 1.39 bits per heavy atom. The summed E-state index contributed by atoms with van der Waals surface area (Å²) in [4.78, 5) is 11.6. The molecule has 0 saturated heterocycles. The first-order valence-electron chi connectivity index (χ1n) is 5.99. The van der Waals surface area contributed by atoms with Crippen LogP contribution in [0.1, 0.15) is 30.6 Å². The molecule has 0 aliphatic rings. The zero-order chi connectivity index (χ0) is 13.4. The smallest absolute Gasteiger partial charge is 0.338 e. The van der Waals surface area contributed by atoms with Crippen LogP contribution in [0.25, 0.3) is 0 Å². The molecule has 0 fully saturated rings. The van der Waals surface area contributed by atoms with E-state index in [1.54, 1.807) is 25.1 Å². The average Bonchev–Trinajstić information content (AvgIpc) is 2.37. The Morgan fingerprint density at radius 3 is 2.83 bits per heavy atom. The van der Waals surface area contributed by atoms with E-state index in [-0.39, 0.29) is 5.97 Å². The van der Waals surface area contributed by atoms with Gasteiger partial charge in [-0.2, -0.15) is 0 Å². The SMILES string of the molecule is CCCNC(=S)Nc1cccc(C(=O)OCC)c1. The minimum Gasteiger partial charge on any atom is -0.462 e. The van der Waals surface area contributed by atoms with Crippen molar-refractivity contribution in [2.45, 2.75) is 20.3 Å². The van der Waals surface area contributed by atoms with Gasteiger partial charge in [-0.25, -0.2) is 4.79 Å². The van der Waals surface area contributed by atoms with E-state index >= 15 is 0 Å². The Hall–Kier alpha value is -1.62. The highest BCUT2D eigenvalue weighted by Gasteiger charge is 2.07. The van der Waals surface area contributed by atoms with Gasteiger partial charge in [-0.15, -0.1) is 0 Å². The van der Waals surface area contributed by atoms with Gasteiger partial charge in [0.25, 0.3) is 0 Å². The first-order chi connectivity index (χ1) is 8.67. The number of hydrogen-bond acceptors (Lipinski definition) is 3. The van der Waals surface area contributed by atoms with Crippen LogP contribution >= 0.6 is 12.2 Å². The maximum atomic E-state index is 11.6. The van der Waals surface area contributed by atoms with E-state index in [0.717, 1.165) is 18.7 Å². The maximum absolute atomic E-state index is 11.6. The molecule has 0 aliphatic heterocycles. The van der Waals surface area contributed by atoms with Gasteiger partial charge in [0.1, 0.15) is 0 Å². The van der Waals surface area contributed by atoms with E-state index < -0.39 is 0 Å². The standard InChI is InChI=1S/C13H18N2O2S/c1-3-8-14-13(18)15-11-7-5-6-10(9-11)12(16)17-4-2/h5-7,9H,3-4,8H2,1-2H3,(H2,14,15,18). The highest BCUT2D eigenvalue weighted by Crippen LogP contribution is 2.11. The molecule has 1 aromatic rings. The molecule has 0 aliphatic carbocycles. The van der Waals surface area contributed by atoms with Crippen molar-refractivity contribution < 1.29 is 9.53 Å². The number of ether oxygens (including phenoxy) is 1.